The smallest absolute Gasteiger partial charge is 0.349 e. The molecule has 0 saturated carbocycles. The first-order valence-electron chi connectivity index (χ1n) is 8.67. The highest BCUT2D eigenvalue weighted by molar-refractivity contribution is 7.80. The maximum atomic E-state index is 12.8. The summed E-state index contributed by atoms with van der Waals surface area (Å²) in [5.41, 5.74) is -0.298. The molecule has 1 aliphatic heterocycles. The average Bonchev–Trinajstić information content (AvgIpc) is 2.60. The first kappa shape index (κ1) is 20.0. The zero-order valence-electron chi connectivity index (χ0n) is 14.9. The number of benzene rings is 1. The Morgan fingerprint density at radius 2 is 2.00 bits per heavy atom. The van der Waals surface area contributed by atoms with Crippen LogP contribution in [0.4, 0.5) is 18.9 Å². The number of hydrogen-bond donors (Lipinski definition) is 1. The molecule has 0 bridgehead atoms. The molecule has 0 radical (unpaired) electrons. The van der Waals surface area contributed by atoms with Crippen LogP contribution in [0.5, 0.6) is 0 Å². The second-order valence-corrected chi connectivity index (χ2v) is 7.04. The summed E-state index contributed by atoms with van der Waals surface area (Å²) in [5.74, 6) is 0. The van der Waals surface area contributed by atoms with Gasteiger partial charge in [0, 0.05) is 30.9 Å². The average molecular weight is 373 g/mol. The molecular formula is C18H26F3N3S. The van der Waals surface area contributed by atoms with Gasteiger partial charge in [-0.3, -0.25) is 0 Å². The lowest BCUT2D eigenvalue weighted by Gasteiger charge is -2.40. The van der Waals surface area contributed by atoms with Crippen molar-refractivity contribution in [3.63, 3.8) is 0 Å². The summed E-state index contributed by atoms with van der Waals surface area (Å²) in [6.45, 7) is 6.04. The summed E-state index contributed by atoms with van der Waals surface area (Å²) in [4.78, 5) is 4.46. The van der Waals surface area contributed by atoms with Crippen LogP contribution in [0.25, 0.3) is 0 Å². The first-order valence-corrected chi connectivity index (χ1v) is 9.08. The quantitative estimate of drug-likeness (QED) is 0.778. The van der Waals surface area contributed by atoms with Crippen molar-refractivity contribution in [2.45, 2.75) is 51.4 Å². The minimum absolute atomic E-state index is 0.374. The van der Waals surface area contributed by atoms with Crippen LogP contribution in [-0.2, 0) is 6.18 Å². The van der Waals surface area contributed by atoms with E-state index in [1.807, 2.05) is 4.90 Å². The van der Waals surface area contributed by atoms with Gasteiger partial charge in [0.05, 0.1) is 5.56 Å². The Morgan fingerprint density at radius 1 is 1.36 bits per heavy atom. The summed E-state index contributed by atoms with van der Waals surface area (Å²) in [7, 11) is 2.16. The van der Waals surface area contributed by atoms with Crippen molar-refractivity contribution in [3.8, 4) is 0 Å². The second kappa shape index (κ2) is 8.36. The van der Waals surface area contributed by atoms with Gasteiger partial charge in [0.2, 0.25) is 0 Å². The molecule has 1 aromatic rings. The molecule has 0 spiro atoms. The summed E-state index contributed by atoms with van der Waals surface area (Å²) < 4.78 is 38.4. The molecular weight excluding hydrogens is 347 g/mol. The van der Waals surface area contributed by atoms with Crippen LogP contribution in [0.15, 0.2) is 24.3 Å². The van der Waals surface area contributed by atoms with E-state index < -0.39 is 11.7 Å². The summed E-state index contributed by atoms with van der Waals surface area (Å²) in [6, 6.07) is 6.22. The monoisotopic (exact) mass is 373 g/mol. The third-order valence-electron chi connectivity index (χ3n) is 5.05. The Balaban J connectivity index is 1.91. The van der Waals surface area contributed by atoms with Crippen molar-refractivity contribution in [3.05, 3.63) is 29.8 Å². The van der Waals surface area contributed by atoms with Crippen LogP contribution >= 0.6 is 12.2 Å². The first-order chi connectivity index (χ1) is 11.7. The van der Waals surface area contributed by atoms with E-state index in [4.69, 9.17) is 12.2 Å². The highest BCUT2D eigenvalue weighted by atomic mass is 32.1. The van der Waals surface area contributed by atoms with Crippen LogP contribution in [0, 0.1) is 0 Å². The third kappa shape index (κ3) is 5.31. The Morgan fingerprint density at radius 3 is 2.56 bits per heavy atom. The van der Waals surface area contributed by atoms with E-state index in [9.17, 15) is 13.2 Å². The van der Waals surface area contributed by atoms with E-state index in [1.54, 1.807) is 6.07 Å². The largest absolute Gasteiger partial charge is 0.416 e. The van der Waals surface area contributed by atoms with Crippen LogP contribution < -0.4 is 5.32 Å². The standard InChI is InChI=1S/C18H26F3N3S/c1-4-13(2)23(3)16-8-10-24(11-9-16)17(25)22-15-7-5-6-14(12-15)18(19,20)21/h5-7,12-13,16H,4,8-11H2,1-3H3,(H,22,25)/t13-/m1/s1. The fraction of sp³-hybridized carbons (Fsp3) is 0.611. The van der Waals surface area contributed by atoms with E-state index in [1.165, 1.54) is 6.07 Å². The molecule has 1 heterocycles. The maximum Gasteiger partial charge on any atom is 0.416 e. The topological polar surface area (TPSA) is 18.5 Å². The molecule has 1 aromatic carbocycles. The van der Waals surface area contributed by atoms with Crippen LogP contribution in [-0.4, -0.2) is 47.1 Å². The van der Waals surface area contributed by atoms with Crippen LogP contribution in [0.1, 0.15) is 38.7 Å². The Labute approximate surface area is 153 Å². The van der Waals surface area contributed by atoms with Gasteiger partial charge in [-0.25, -0.2) is 0 Å². The molecule has 140 valence electrons. The Kier molecular flexibility index (Phi) is 6.68. The molecule has 1 fully saturated rings. The molecule has 2 rings (SSSR count). The Hall–Kier alpha value is -1.34. The molecule has 1 aliphatic rings. The van der Waals surface area contributed by atoms with Crippen LogP contribution in [0.2, 0.25) is 0 Å². The summed E-state index contributed by atoms with van der Waals surface area (Å²) in [6.07, 6.45) is -1.22. The molecule has 1 N–H and O–H groups in total. The molecule has 0 amide bonds. The number of piperidine rings is 1. The highest BCUT2D eigenvalue weighted by Crippen LogP contribution is 2.30. The van der Waals surface area contributed by atoms with E-state index in [0.29, 0.717) is 22.9 Å². The predicted molar refractivity (Wildman–Crippen MR) is 99.8 cm³/mol. The van der Waals surface area contributed by atoms with E-state index in [0.717, 1.165) is 44.5 Å². The van der Waals surface area contributed by atoms with Gasteiger partial charge in [0.15, 0.2) is 5.11 Å². The van der Waals surface area contributed by atoms with Crippen molar-refractivity contribution in [1.29, 1.82) is 0 Å². The van der Waals surface area contributed by atoms with E-state index in [2.05, 4.69) is 31.1 Å². The van der Waals surface area contributed by atoms with Gasteiger partial charge >= 0.3 is 6.18 Å². The molecule has 0 aliphatic carbocycles. The van der Waals surface area contributed by atoms with Crippen molar-refractivity contribution in [2.75, 3.05) is 25.5 Å². The number of hydrogen-bond acceptors (Lipinski definition) is 2. The molecule has 1 atom stereocenters. The minimum Gasteiger partial charge on any atom is -0.349 e. The molecule has 25 heavy (non-hydrogen) atoms. The fourth-order valence-electron chi connectivity index (χ4n) is 3.10. The van der Waals surface area contributed by atoms with Gasteiger partial charge < -0.3 is 15.1 Å². The summed E-state index contributed by atoms with van der Waals surface area (Å²) >= 11 is 5.39. The zero-order chi connectivity index (χ0) is 18.6. The molecule has 0 aromatic heterocycles. The van der Waals surface area contributed by atoms with E-state index in [-0.39, 0.29) is 0 Å². The number of rotatable bonds is 4. The lowest BCUT2D eigenvalue weighted by atomic mass is 10.0. The normalized spacial score (nSPS) is 17.6. The van der Waals surface area contributed by atoms with E-state index >= 15 is 0 Å². The summed E-state index contributed by atoms with van der Waals surface area (Å²) in [5, 5.41) is 3.44. The number of nitrogens with one attached hydrogen (secondary N) is 1. The highest BCUT2D eigenvalue weighted by Gasteiger charge is 2.30. The van der Waals surface area contributed by atoms with Crippen molar-refractivity contribution >= 4 is 23.0 Å². The second-order valence-electron chi connectivity index (χ2n) is 6.65. The number of likely N-dealkylation sites (tertiary alicyclic amines) is 1. The fourth-order valence-corrected chi connectivity index (χ4v) is 3.40. The lowest BCUT2D eigenvalue weighted by molar-refractivity contribution is -0.137. The van der Waals surface area contributed by atoms with Gasteiger partial charge in [-0.15, -0.1) is 0 Å². The number of nitrogens with zero attached hydrogens (tertiary/aromatic N) is 2. The Bertz CT molecular complexity index is 583. The zero-order valence-corrected chi connectivity index (χ0v) is 15.8. The molecule has 0 unspecified atom stereocenters. The third-order valence-corrected chi connectivity index (χ3v) is 5.42. The lowest BCUT2D eigenvalue weighted by Crippen LogP contribution is -2.48. The number of alkyl halides is 3. The minimum atomic E-state index is -4.35. The number of anilines is 1. The van der Waals surface area contributed by atoms with Gasteiger partial charge in [-0.2, -0.15) is 13.2 Å². The van der Waals surface area contributed by atoms with Gasteiger partial charge in [0.25, 0.3) is 0 Å². The van der Waals surface area contributed by atoms with Crippen molar-refractivity contribution in [1.82, 2.24) is 9.80 Å². The van der Waals surface area contributed by atoms with Gasteiger partial charge in [-0.1, -0.05) is 13.0 Å². The van der Waals surface area contributed by atoms with Gasteiger partial charge in [-0.05, 0) is 63.7 Å². The molecule has 1 saturated heterocycles. The van der Waals surface area contributed by atoms with Crippen molar-refractivity contribution < 1.29 is 13.2 Å². The van der Waals surface area contributed by atoms with Crippen LogP contribution in [0.3, 0.4) is 0 Å². The number of halogens is 3. The molecule has 3 nitrogen and oxygen atoms in total. The predicted octanol–water partition coefficient (Wildman–Crippen LogP) is 4.60. The number of thiocarbonyl (C=S) groups is 1. The van der Waals surface area contributed by atoms with Crippen molar-refractivity contribution in [2.24, 2.45) is 0 Å². The van der Waals surface area contributed by atoms with Gasteiger partial charge in [0.1, 0.15) is 0 Å². The molecule has 7 heteroatoms. The maximum absolute atomic E-state index is 12.8. The SMILES string of the molecule is CC[C@@H](C)N(C)C1CCN(C(=S)Nc2cccc(C(F)(F)F)c2)CC1.